The standard InChI is InChI=1S/C8H11F2NO/c1-8(2,3)6-4-5(7(9)10)11-12-6/h4,7H,1-3H3. The first-order valence-electron chi connectivity index (χ1n) is 3.66. The molecule has 0 fully saturated rings. The predicted octanol–water partition coefficient (Wildman–Crippen LogP) is 2.91. The van der Waals surface area contributed by atoms with E-state index in [2.05, 4.69) is 5.16 Å². The summed E-state index contributed by atoms with van der Waals surface area (Å²) in [6.45, 7) is 5.63. The summed E-state index contributed by atoms with van der Waals surface area (Å²) in [6.07, 6.45) is -2.55. The summed E-state index contributed by atoms with van der Waals surface area (Å²) in [5.74, 6) is 0.484. The summed E-state index contributed by atoms with van der Waals surface area (Å²) in [5, 5.41) is 3.26. The number of hydrogen-bond donors (Lipinski definition) is 0. The minimum Gasteiger partial charge on any atom is -0.360 e. The van der Waals surface area contributed by atoms with Gasteiger partial charge < -0.3 is 4.52 Å². The number of aromatic nitrogens is 1. The van der Waals surface area contributed by atoms with E-state index in [0.29, 0.717) is 5.76 Å². The predicted molar refractivity (Wildman–Crippen MR) is 40.2 cm³/mol. The fraction of sp³-hybridized carbons (Fsp3) is 0.625. The monoisotopic (exact) mass is 175 g/mol. The summed E-state index contributed by atoms with van der Waals surface area (Å²) >= 11 is 0. The highest BCUT2D eigenvalue weighted by Gasteiger charge is 2.22. The Morgan fingerprint density at radius 1 is 1.42 bits per heavy atom. The average molecular weight is 175 g/mol. The van der Waals surface area contributed by atoms with Crippen LogP contribution in [0.15, 0.2) is 10.6 Å². The van der Waals surface area contributed by atoms with Crippen molar-refractivity contribution in [3.63, 3.8) is 0 Å². The van der Waals surface area contributed by atoms with E-state index >= 15 is 0 Å². The van der Waals surface area contributed by atoms with Crippen LogP contribution in [0.2, 0.25) is 0 Å². The van der Waals surface area contributed by atoms with Crippen LogP contribution >= 0.6 is 0 Å². The Labute approximate surface area is 69.6 Å². The first-order chi connectivity index (χ1) is 5.41. The number of nitrogens with zero attached hydrogens (tertiary/aromatic N) is 1. The smallest absolute Gasteiger partial charge is 0.283 e. The lowest BCUT2D eigenvalue weighted by Gasteiger charge is -2.12. The lowest BCUT2D eigenvalue weighted by Crippen LogP contribution is -2.09. The van der Waals surface area contributed by atoms with Gasteiger partial charge in [0.25, 0.3) is 6.43 Å². The highest BCUT2D eigenvalue weighted by Crippen LogP contribution is 2.26. The molecule has 0 aliphatic heterocycles. The van der Waals surface area contributed by atoms with Gasteiger partial charge in [0.15, 0.2) is 0 Å². The highest BCUT2D eigenvalue weighted by atomic mass is 19.3. The van der Waals surface area contributed by atoms with Crippen molar-refractivity contribution in [3.05, 3.63) is 17.5 Å². The molecule has 0 unspecified atom stereocenters. The molecule has 68 valence electrons. The first kappa shape index (κ1) is 9.16. The molecule has 1 rings (SSSR count). The van der Waals surface area contributed by atoms with Gasteiger partial charge in [0, 0.05) is 11.5 Å². The van der Waals surface area contributed by atoms with Gasteiger partial charge in [-0.05, 0) is 0 Å². The van der Waals surface area contributed by atoms with E-state index < -0.39 is 6.43 Å². The molecule has 0 bridgehead atoms. The maximum atomic E-state index is 12.0. The minimum atomic E-state index is -2.55. The third kappa shape index (κ3) is 1.81. The third-order valence-corrected chi connectivity index (χ3v) is 1.49. The Balaban J connectivity index is 2.92. The molecule has 1 aromatic heterocycles. The molecular weight excluding hydrogens is 164 g/mol. The molecule has 0 aliphatic rings. The van der Waals surface area contributed by atoms with Crippen molar-refractivity contribution in [2.45, 2.75) is 32.6 Å². The molecule has 0 amide bonds. The summed E-state index contributed by atoms with van der Waals surface area (Å²) in [5.41, 5.74) is -0.555. The lowest BCUT2D eigenvalue weighted by atomic mass is 9.93. The van der Waals surface area contributed by atoms with Crippen molar-refractivity contribution in [1.82, 2.24) is 5.16 Å². The van der Waals surface area contributed by atoms with Gasteiger partial charge in [-0.3, -0.25) is 0 Å². The fourth-order valence-corrected chi connectivity index (χ4v) is 0.745. The minimum absolute atomic E-state index is 0.264. The second-order valence-corrected chi connectivity index (χ2v) is 3.67. The number of alkyl halides is 2. The van der Waals surface area contributed by atoms with Crippen molar-refractivity contribution in [2.24, 2.45) is 0 Å². The summed E-state index contributed by atoms with van der Waals surface area (Å²) in [4.78, 5) is 0. The van der Waals surface area contributed by atoms with Crippen molar-refractivity contribution in [3.8, 4) is 0 Å². The molecule has 0 N–H and O–H groups in total. The van der Waals surface area contributed by atoms with Crippen LogP contribution in [0.25, 0.3) is 0 Å². The second kappa shape index (κ2) is 2.84. The van der Waals surface area contributed by atoms with E-state index in [1.807, 2.05) is 20.8 Å². The van der Waals surface area contributed by atoms with E-state index in [-0.39, 0.29) is 11.1 Å². The van der Waals surface area contributed by atoms with Crippen LogP contribution in [0.4, 0.5) is 8.78 Å². The molecule has 1 heterocycles. The maximum absolute atomic E-state index is 12.0. The highest BCUT2D eigenvalue weighted by molar-refractivity contribution is 5.13. The van der Waals surface area contributed by atoms with Crippen molar-refractivity contribution < 1.29 is 13.3 Å². The zero-order valence-corrected chi connectivity index (χ0v) is 7.27. The Kier molecular flexibility index (Phi) is 2.17. The topological polar surface area (TPSA) is 26.0 Å². The van der Waals surface area contributed by atoms with Crippen LogP contribution in [0.3, 0.4) is 0 Å². The van der Waals surface area contributed by atoms with Crippen molar-refractivity contribution in [2.75, 3.05) is 0 Å². The molecule has 0 saturated heterocycles. The SMILES string of the molecule is CC(C)(C)c1cc(C(F)F)no1. The van der Waals surface area contributed by atoms with Crippen molar-refractivity contribution in [1.29, 1.82) is 0 Å². The molecule has 0 aliphatic carbocycles. The van der Waals surface area contributed by atoms with Gasteiger partial charge in [-0.1, -0.05) is 25.9 Å². The van der Waals surface area contributed by atoms with Gasteiger partial charge in [-0.2, -0.15) is 0 Å². The van der Waals surface area contributed by atoms with Gasteiger partial charge in [0.2, 0.25) is 0 Å². The van der Waals surface area contributed by atoms with Gasteiger partial charge in [0.1, 0.15) is 11.5 Å². The van der Waals surface area contributed by atoms with Crippen LogP contribution in [-0.4, -0.2) is 5.16 Å². The summed E-state index contributed by atoms with van der Waals surface area (Å²) in [7, 11) is 0. The molecule has 2 nitrogen and oxygen atoms in total. The summed E-state index contributed by atoms with van der Waals surface area (Å²) < 4.78 is 28.9. The van der Waals surface area contributed by atoms with Crippen LogP contribution in [0, 0.1) is 0 Å². The average Bonchev–Trinajstić information content (AvgIpc) is 2.30. The van der Waals surface area contributed by atoms with Gasteiger partial charge in [0.05, 0.1) is 0 Å². The van der Waals surface area contributed by atoms with Crippen LogP contribution in [0.1, 0.15) is 38.7 Å². The zero-order chi connectivity index (χ0) is 9.35. The van der Waals surface area contributed by atoms with E-state index in [9.17, 15) is 8.78 Å². The van der Waals surface area contributed by atoms with E-state index in [0.717, 1.165) is 0 Å². The largest absolute Gasteiger partial charge is 0.360 e. The van der Waals surface area contributed by atoms with E-state index in [1.54, 1.807) is 0 Å². The lowest BCUT2D eigenvalue weighted by molar-refractivity contribution is 0.140. The first-order valence-corrected chi connectivity index (χ1v) is 3.66. The van der Waals surface area contributed by atoms with Crippen LogP contribution in [0.5, 0.6) is 0 Å². The Morgan fingerprint density at radius 2 is 2.00 bits per heavy atom. The molecular formula is C8H11F2NO. The molecule has 12 heavy (non-hydrogen) atoms. The maximum Gasteiger partial charge on any atom is 0.283 e. The van der Waals surface area contributed by atoms with Crippen LogP contribution in [-0.2, 0) is 5.41 Å². The number of rotatable bonds is 1. The molecule has 0 aromatic carbocycles. The molecule has 0 spiro atoms. The molecule has 1 aromatic rings. The van der Waals surface area contributed by atoms with Gasteiger partial charge >= 0.3 is 0 Å². The Bertz CT molecular complexity index is 262. The number of halogens is 2. The molecule has 4 heteroatoms. The van der Waals surface area contributed by atoms with E-state index in [1.165, 1.54) is 6.07 Å². The van der Waals surface area contributed by atoms with Gasteiger partial charge in [-0.15, -0.1) is 0 Å². The molecule has 0 saturated carbocycles. The van der Waals surface area contributed by atoms with Crippen LogP contribution < -0.4 is 0 Å². The van der Waals surface area contributed by atoms with Gasteiger partial charge in [-0.25, -0.2) is 8.78 Å². The normalized spacial score (nSPS) is 12.5. The fourth-order valence-electron chi connectivity index (χ4n) is 0.745. The summed E-state index contributed by atoms with van der Waals surface area (Å²) in [6, 6.07) is 1.30. The molecule has 0 atom stereocenters. The quantitative estimate of drug-likeness (QED) is 0.655. The van der Waals surface area contributed by atoms with E-state index in [4.69, 9.17) is 4.52 Å². The number of hydrogen-bond acceptors (Lipinski definition) is 2. The third-order valence-electron chi connectivity index (χ3n) is 1.49. The molecule has 0 radical (unpaired) electrons. The zero-order valence-electron chi connectivity index (χ0n) is 7.27. The second-order valence-electron chi connectivity index (χ2n) is 3.67. The Hall–Kier alpha value is -0.930. The van der Waals surface area contributed by atoms with Crippen molar-refractivity contribution >= 4 is 0 Å². The Morgan fingerprint density at radius 3 is 2.25 bits per heavy atom.